The van der Waals surface area contributed by atoms with E-state index in [2.05, 4.69) is 19.9 Å². The van der Waals surface area contributed by atoms with E-state index >= 15 is 0 Å². The Kier molecular flexibility index (Phi) is 2.42. The molecule has 18 heavy (non-hydrogen) atoms. The zero-order valence-corrected chi connectivity index (χ0v) is 9.59. The topological polar surface area (TPSA) is 106 Å². The molecule has 3 heterocycles. The summed E-state index contributed by atoms with van der Waals surface area (Å²) in [5.74, 6) is 0.228. The molecule has 0 spiro atoms. The van der Waals surface area contributed by atoms with Gasteiger partial charge < -0.3 is 16.5 Å². The molecule has 3 rings (SSSR count). The first kappa shape index (κ1) is 10.7. The van der Waals surface area contributed by atoms with Gasteiger partial charge in [-0.2, -0.15) is 0 Å². The predicted molar refractivity (Wildman–Crippen MR) is 69.4 cm³/mol. The van der Waals surface area contributed by atoms with E-state index in [0.29, 0.717) is 6.54 Å². The molecule has 0 saturated heterocycles. The number of nitrogens with one attached hydrogen (secondary N) is 1. The third-order valence-corrected chi connectivity index (χ3v) is 2.73. The van der Waals surface area contributed by atoms with Crippen molar-refractivity contribution in [2.45, 2.75) is 6.54 Å². The molecule has 0 radical (unpaired) electrons. The summed E-state index contributed by atoms with van der Waals surface area (Å²) in [4.78, 5) is 15.6. The maximum atomic E-state index is 5.68. The van der Waals surface area contributed by atoms with Crippen LogP contribution in [0.15, 0.2) is 30.6 Å². The lowest BCUT2D eigenvalue weighted by Crippen LogP contribution is -2.05. The minimum atomic E-state index is 0.228. The van der Waals surface area contributed by atoms with Crippen molar-refractivity contribution in [2.75, 3.05) is 5.73 Å². The van der Waals surface area contributed by atoms with Crippen LogP contribution in [0.2, 0.25) is 0 Å². The highest BCUT2D eigenvalue weighted by Crippen LogP contribution is 2.26. The summed E-state index contributed by atoms with van der Waals surface area (Å²) in [6, 6.07) is 5.70. The molecule has 3 aromatic rings. The largest absolute Gasteiger partial charge is 0.368 e. The van der Waals surface area contributed by atoms with Gasteiger partial charge in [0.25, 0.3) is 0 Å². The Morgan fingerprint density at radius 2 is 2.17 bits per heavy atom. The van der Waals surface area contributed by atoms with Crippen molar-refractivity contribution < 1.29 is 0 Å². The smallest absolute Gasteiger partial charge is 0.220 e. The normalized spacial score (nSPS) is 10.9. The molecule has 0 aromatic carbocycles. The summed E-state index contributed by atoms with van der Waals surface area (Å²) in [7, 11) is 0. The van der Waals surface area contributed by atoms with Crippen LogP contribution < -0.4 is 11.5 Å². The lowest BCUT2D eigenvalue weighted by molar-refractivity contribution is 0.975. The maximum absolute atomic E-state index is 5.68. The molecule has 0 aliphatic heterocycles. The Morgan fingerprint density at radius 3 is 3.00 bits per heavy atom. The molecule has 0 fully saturated rings. The van der Waals surface area contributed by atoms with Crippen LogP contribution in [0.5, 0.6) is 0 Å². The Morgan fingerprint density at radius 1 is 1.28 bits per heavy atom. The van der Waals surface area contributed by atoms with Crippen molar-refractivity contribution in [3.8, 4) is 11.3 Å². The molecule has 0 aliphatic rings. The van der Waals surface area contributed by atoms with Gasteiger partial charge in [-0.15, -0.1) is 0 Å². The van der Waals surface area contributed by atoms with Crippen LogP contribution >= 0.6 is 0 Å². The monoisotopic (exact) mass is 240 g/mol. The molecule has 3 aromatic heterocycles. The molecule has 0 amide bonds. The minimum Gasteiger partial charge on any atom is -0.368 e. The zero-order chi connectivity index (χ0) is 12.5. The molecule has 0 atom stereocenters. The number of nitrogens with zero attached hydrogens (tertiary/aromatic N) is 3. The number of anilines is 1. The highest BCUT2D eigenvalue weighted by Gasteiger charge is 2.09. The van der Waals surface area contributed by atoms with Gasteiger partial charge >= 0.3 is 0 Å². The minimum absolute atomic E-state index is 0.228. The van der Waals surface area contributed by atoms with Crippen molar-refractivity contribution in [3.05, 3.63) is 36.3 Å². The van der Waals surface area contributed by atoms with Crippen LogP contribution in [-0.2, 0) is 6.54 Å². The van der Waals surface area contributed by atoms with Gasteiger partial charge in [-0.25, -0.2) is 15.0 Å². The maximum Gasteiger partial charge on any atom is 0.220 e. The Balaban J connectivity index is 2.22. The van der Waals surface area contributed by atoms with Crippen molar-refractivity contribution in [3.63, 3.8) is 0 Å². The number of nitrogen functional groups attached to an aromatic ring is 1. The fourth-order valence-corrected chi connectivity index (χ4v) is 1.93. The van der Waals surface area contributed by atoms with Crippen molar-refractivity contribution in [1.29, 1.82) is 0 Å². The lowest BCUT2D eigenvalue weighted by Gasteiger charge is -2.03. The first-order valence-electron chi connectivity index (χ1n) is 5.54. The third-order valence-electron chi connectivity index (χ3n) is 2.73. The van der Waals surface area contributed by atoms with Crippen LogP contribution in [0.25, 0.3) is 22.3 Å². The van der Waals surface area contributed by atoms with Crippen molar-refractivity contribution in [1.82, 2.24) is 19.9 Å². The average Bonchev–Trinajstić information content (AvgIpc) is 2.81. The van der Waals surface area contributed by atoms with Crippen LogP contribution in [0.3, 0.4) is 0 Å². The number of rotatable bonds is 2. The highest BCUT2D eigenvalue weighted by atomic mass is 15.0. The van der Waals surface area contributed by atoms with Crippen LogP contribution in [0.4, 0.5) is 5.95 Å². The second-order valence-corrected chi connectivity index (χ2v) is 3.91. The number of aromatic nitrogens is 4. The summed E-state index contributed by atoms with van der Waals surface area (Å²) in [5, 5.41) is 0.999. The van der Waals surface area contributed by atoms with E-state index in [1.807, 2.05) is 24.4 Å². The third kappa shape index (κ3) is 1.68. The van der Waals surface area contributed by atoms with E-state index in [9.17, 15) is 0 Å². The summed E-state index contributed by atoms with van der Waals surface area (Å²) in [5.41, 5.74) is 14.5. The van der Waals surface area contributed by atoms with Gasteiger partial charge in [0.1, 0.15) is 5.65 Å². The van der Waals surface area contributed by atoms with Gasteiger partial charge in [0.05, 0.1) is 11.4 Å². The van der Waals surface area contributed by atoms with E-state index in [4.69, 9.17) is 11.5 Å². The average molecular weight is 240 g/mol. The first-order valence-corrected chi connectivity index (χ1v) is 5.54. The molecular weight excluding hydrogens is 228 g/mol. The molecule has 90 valence electrons. The van der Waals surface area contributed by atoms with Gasteiger partial charge in [0.15, 0.2) is 0 Å². The van der Waals surface area contributed by atoms with Crippen molar-refractivity contribution in [2.24, 2.45) is 5.73 Å². The molecule has 0 saturated carbocycles. The summed E-state index contributed by atoms with van der Waals surface area (Å²) in [6.45, 7) is 0.334. The van der Waals surface area contributed by atoms with Crippen molar-refractivity contribution >= 4 is 17.0 Å². The number of pyridine rings is 1. The van der Waals surface area contributed by atoms with Crippen LogP contribution in [0, 0.1) is 0 Å². The van der Waals surface area contributed by atoms with E-state index in [-0.39, 0.29) is 5.95 Å². The number of fused-ring (bicyclic) bond motifs is 1. The summed E-state index contributed by atoms with van der Waals surface area (Å²) >= 11 is 0. The quantitative estimate of drug-likeness (QED) is 0.621. The fraction of sp³-hybridized carbons (Fsp3) is 0.0833. The molecule has 0 unspecified atom stereocenters. The fourth-order valence-electron chi connectivity index (χ4n) is 1.93. The van der Waals surface area contributed by atoms with E-state index < -0.39 is 0 Å². The number of H-pyrrole nitrogens is 1. The van der Waals surface area contributed by atoms with Gasteiger partial charge in [0, 0.05) is 29.9 Å². The molecule has 6 heteroatoms. The zero-order valence-electron chi connectivity index (χ0n) is 9.59. The van der Waals surface area contributed by atoms with Gasteiger partial charge in [-0.3, -0.25) is 0 Å². The summed E-state index contributed by atoms with van der Waals surface area (Å²) in [6.07, 6.45) is 3.60. The van der Waals surface area contributed by atoms with E-state index in [0.717, 1.165) is 28.0 Å². The molecule has 6 nitrogen and oxygen atoms in total. The lowest BCUT2D eigenvalue weighted by atomic mass is 10.1. The number of aromatic amines is 1. The molecule has 0 bridgehead atoms. The second-order valence-electron chi connectivity index (χ2n) is 3.91. The number of nitrogens with two attached hydrogens (primary N) is 2. The molecule has 5 N–H and O–H groups in total. The molecular formula is C12H12N6. The second kappa shape index (κ2) is 4.08. The number of hydrogen-bond acceptors (Lipinski definition) is 5. The molecule has 0 aliphatic carbocycles. The van der Waals surface area contributed by atoms with E-state index in [1.165, 1.54) is 0 Å². The Labute approximate surface area is 103 Å². The van der Waals surface area contributed by atoms with Crippen LogP contribution in [0.1, 0.15) is 5.69 Å². The van der Waals surface area contributed by atoms with Crippen LogP contribution in [-0.4, -0.2) is 19.9 Å². The Bertz CT molecular complexity index is 703. The SMILES string of the molecule is NCc1cc(-c2c[nH]c3ncccc23)nc(N)n1. The standard InChI is InChI=1S/C12H12N6/c13-5-7-4-10(18-12(14)17-7)9-6-16-11-8(9)2-1-3-15-11/h1-4,6H,5,13H2,(H,15,16)(H2,14,17,18). The highest BCUT2D eigenvalue weighted by molar-refractivity contribution is 5.92. The van der Waals surface area contributed by atoms with Gasteiger partial charge in [0.2, 0.25) is 5.95 Å². The predicted octanol–water partition coefficient (Wildman–Crippen LogP) is 1.06. The van der Waals surface area contributed by atoms with Gasteiger partial charge in [-0.05, 0) is 18.2 Å². The van der Waals surface area contributed by atoms with Gasteiger partial charge in [-0.1, -0.05) is 0 Å². The first-order chi connectivity index (χ1) is 8.78. The number of hydrogen-bond donors (Lipinski definition) is 3. The van der Waals surface area contributed by atoms with E-state index in [1.54, 1.807) is 6.20 Å². The summed E-state index contributed by atoms with van der Waals surface area (Å²) < 4.78 is 0. The Hall–Kier alpha value is -2.47.